The molecule has 2 nitrogen and oxygen atoms in total. The fraction of sp³-hybridized carbons (Fsp3) is 0.538. The van der Waals surface area contributed by atoms with Gasteiger partial charge in [-0.1, -0.05) is 38.1 Å². The zero-order valence-corrected chi connectivity index (χ0v) is 9.49. The molecular formula is C13H19NO. The van der Waals surface area contributed by atoms with Gasteiger partial charge in [-0.3, -0.25) is 0 Å². The van der Waals surface area contributed by atoms with Gasteiger partial charge in [0.05, 0.1) is 19.3 Å². The fourth-order valence-electron chi connectivity index (χ4n) is 2.12. The van der Waals surface area contributed by atoms with Gasteiger partial charge in [0.1, 0.15) is 0 Å². The van der Waals surface area contributed by atoms with E-state index in [1.807, 2.05) is 0 Å². The topological polar surface area (TPSA) is 21.3 Å². The first-order chi connectivity index (χ1) is 7.29. The Kier molecular flexibility index (Phi) is 3.39. The van der Waals surface area contributed by atoms with E-state index in [4.69, 9.17) is 4.74 Å². The molecule has 2 heteroatoms. The Bertz CT molecular complexity index is 316. The molecule has 1 aromatic carbocycles. The summed E-state index contributed by atoms with van der Waals surface area (Å²) >= 11 is 0. The minimum Gasteiger partial charge on any atom is -0.378 e. The van der Waals surface area contributed by atoms with E-state index in [-0.39, 0.29) is 0 Å². The molecule has 15 heavy (non-hydrogen) atoms. The molecule has 0 spiro atoms. The van der Waals surface area contributed by atoms with Gasteiger partial charge in [-0.15, -0.1) is 0 Å². The van der Waals surface area contributed by atoms with Gasteiger partial charge in [0.25, 0.3) is 0 Å². The van der Waals surface area contributed by atoms with Gasteiger partial charge in [-0.2, -0.15) is 0 Å². The van der Waals surface area contributed by atoms with Crippen molar-refractivity contribution in [3.8, 4) is 0 Å². The van der Waals surface area contributed by atoms with E-state index in [1.165, 1.54) is 11.1 Å². The van der Waals surface area contributed by atoms with Crippen molar-refractivity contribution in [1.82, 2.24) is 5.32 Å². The zero-order chi connectivity index (χ0) is 10.7. The highest BCUT2D eigenvalue weighted by Gasteiger charge is 2.18. The third-order valence-electron chi connectivity index (χ3n) is 2.92. The Morgan fingerprint density at radius 2 is 2.13 bits per heavy atom. The predicted molar refractivity (Wildman–Crippen MR) is 62.1 cm³/mol. The van der Waals surface area contributed by atoms with Crippen LogP contribution in [0.3, 0.4) is 0 Å². The molecule has 0 aliphatic carbocycles. The number of morpholine rings is 1. The molecule has 2 rings (SSSR count). The van der Waals surface area contributed by atoms with Crippen LogP contribution in [-0.2, 0) is 4.74 Å². The lowest BCUT2D eigenvalue weighted by Gasteiger charge is -2.27. The summed E-state index contributed by atoms with van der Waals surface area (Å²) in [4.78, 5) is 0. The number of hydrogen-bond acceptors (Lipinski definition) is 2. The maximum absolute atomic E-state index is 5.51. The molecule has 1 heterocycles. The summed E-state index contributed by atoms with van der Waals surface area (Å²) in [5.74, 6) is 0.574. The first-order valence-electron chi connectivity index (χ1n) is 5.69. The third-order valence-corrected chi connectivity index (χ3v) is 2.92. The van der Waals surface area contributed by atoms with Gasteiger partial charge in [0.15, 0.2) is 0 Å². The highest BCUT2D eigenvalue weighted by atomic mass is 16.5. The average Bonchev–Trinajstić information content (AvgIpc) is 2.30. The molecule has 0 amide bonds. The summed E-state index contributed by atoms with van der Waals surface area (Å²) in [6, 6.07) is 9.02. The van der Waals surface area contributed by atoms with E-state index < -0.39 is 0 Å². The van der Waals surface area contributed by atoms with Crippen LogP contribution >= 0.6 is 0 Å². The van der Waals surface area contributed by atoms with Crippen LogP contribution in [0.15, 0.2) is 24.3 Å². The Balaban J connectivity index is 2.25. The SMILES string of the molecule is CC(C)c1ccccc1[C@H]1COCCN1. The number of hydrogen-bond donors (Lipinski definition) is 1. The second-order valence-corrected chi connectivity index (χ2v) is 4.37. The van der Waals surface area contributed by atoms with Crippen LogP contribution in [0.5, 0.6) is 0 Å². The van der Waals surface area contributed by atoms with Crippen LogP contribution in [0.25, 0.3) is 0 Å². The van der Waals surface area contributed by atoms with Gasteiger partial charge in [0.2, 0.25) is 0 Å². The van der Waals surface area contributed by atoms with Crippen molar-refractivity contribution in [2.24, 2.45) is 0 Å². The van der Waals surface area contributed by atoms with Crippen LogP contribution in [0, 0.1) is 0 Å². The quantitative estimate of drug-likeness (QED) is 0.801. The number of ether oxygens (including phenoxy) is 1. The van der Waals surface area contributed by atoms with Crippen molar-refractivity contribution in [3.63, 3.8) is 0 Å². The van der Waals surface area contributed by atoms with Crippen LogP contribution in [0.2, 0.25) is 0 Å². The molecule has 1 aliphatic heterocycles. The Morgan fingerprint density at radius 1 is 1.33 bits per heavy atom. The van der Waals surface area contributed by atoms with Crippen molar-refractivity contribution in [2.75, 3.05) is 19.8 Å². The predicted octanol–water partition coefficient (Wildman–Crippen LogP) is 2.47. The van der Waals surface area contributed by atoms with Gasteiger partial charge >= 0.3 is 0 Å². The highest BCUT2D eigenvalue weighted by molar-refractivity contribution is 5.32. The maximum atomic E-state index is 5.51. The molecule has 1 fully saturated rings. The highest BCUT2D eigenvalue weighted by Crippen LogP contribution is 2.25. The molecule has 82 valence electrons. The van der Waals surface area contributed by atoms with Gasteiger partial charge in [-0.25, -0.2) is 0 Å². The van der Waals surface area contributed by atoms with E-state index in [0.29, 0.717) is 12.0 Å². The van der Waals surface area contributed by atoms with Crippen molar-refractivity contribution in [2.45, 2.75) is 25.8 Å². The Labute approximate surface area is 91.6 Å². The van der Waals surface area contributed by atoms with E-state index in [2.05, 4.69) is 43.4 Å². The molecular weight excluding hydrogens is 186 g/mol. The van der Waals surface area contributed by atoms with Crippen molar-refractivity contribution < 1.29 is 4.74 Å². The molecule has 1 aromatic rings. The summed E-state index contributed by atoms with van der Waals surface area (Å²) in [7, 11) is 0. The molecule has 0 unspecified atom stereocenters. The maximum Gasteiger partial charge on any atom is 0.0662 e. The number of benzene rings is 1. The second-order valence-electron chi connectivity index (χ2n) is 4.37. The largest absolute Gasteiger partial charge is 0.378 e. The van der Waals surface area contributed by atoms with Gasteiger partial charge in [0, 0.05) is 6.54 Å². The van der Waals surface area contributed by atoms with Gasteiger partial charge < -0.3 is 10.1 Å². The third kappa shape index (κ3) is 2.39. The standard InChI is InChI=1S/C13H19NO/c1-10(2)11-5-3-4-6-12(11)13-9-15-8-7-14-13/h3-6,10,13-14H,7-9H2,1-2H3/t13-/m1/s1. The lowest BCUT2D eigenvalue weighted by Crippen LogP contribution is -2.35. The summed E-state index contributed by atoms with van der Waals surface area (Å²) in [6.45, 7) is 7.06. The van der Waals surface area contributed by atoms with Crippen LogP contribution in [-0.4, -0.2) is 19.8 Å². The van der Waals surface area contributed by atoms with Crippen molar-refractivity contribution >= 4 is 0 Å². The van der Waals surface area contributed by atoms with Crippen molar-refractivity contribution in [3.05, 3.63) is 35.4 Å². The summed E-state index contributed by atoms with van der Waals surface area (Å²) in [6.07, 6.45) is 0. The van der Waals surface area contributed by atoms with E-state index in [0.717, 1.165) is 19.8 Å². The average molecular weight is 205 g/mol. The second kappa shape index (κ2) is 4.77. The molecule has 0 bridgehead atoms. The minimum atomic E-state index is 0.373. The molecule has 1 aliphatic rings. The number of nitrogens with one attached hydrogen (secondary N) is 1. The van der Waals surface area contributed by atoms with E-state index in [1.54, 1.807) is 0 Å². The molecule has 1 saturated heterocycles. The first kappa shape index (κ1) is 10.7. The lowest BCUT2D eigenvalue weighted by molar-refractivity contribution is 0.0765. The minimum absolute atomic E-state index is 0.373. The lowest BCUT2D eigenvalue weighted by atomic mass is 9.93. The number of rotatable bonds is 2. The fourth-order valence-corrected chi connectivity index (χ4v) is 2.12. The Morgan fingerprint density at radius 3 is 2.80 bits per heavy atom. The zero-order valence-electron chi connectivity index (χ0n) is 9.49. The summed E-state index contributed by atoms with van der Waals surface area (Å²) < 4.78 is 5.51. The van der Waals surface area contributed by atoms with E-state index >= 15 is 0 Å². The van der Waals surface area contributed by atoms with Crippen molar-refractivity contribution in [1.29, 1.82) is 0 Å². The molecule has 0 saturated carbocycles. The molecule has 1 atom stereocenters. The van der Waals surface area contributed by atoms with Gasteiger partial charge in [-0.05, 0) is 17.0 Å². The van der Waals surface area contributed by atoms with E-state index in [9.17, 15) is 0 Å². The summed E-state index contributed by atoms with van der Waals surface area (Å²) in [5, 5.41) is 3.51. The molecule has 0 radical (unpaired) electrons. The molecule has 0 aromatic heterocycles. The monoisotopic (exact) mass is 205 g/mol. The van der Waals surface area contributed by atoms with Crippen LogP contribution in [0.4, 0.5) is 0 Å². The Hall–Kier alpha value is -0.860. The molecule has 1 N–H and O–H groups in total. The van der Waals surface area contributed by atoms with Crippen LogP contribution < -0.4 is 5.32 Å². The normalized spacial score (nSPS) is 21.9. The smallest absolute Gasteiger partial charge is 0.0662 e. The first-order valence-corrected chi connectivity index (χ1v) is 5.69. The summed E-state index contributed by atoms with van der Waals surface area (Å²) in [5.41, 5.74) is 2.83. The van der Waals surface area contributed by atoms with Crippen LogP contribution in [0.1, 0.15) is 36.9 Å².